The molecule has 1 amide bonds. The predicted octanol–water partition coefficient (Wildman–Crippen LogP) is 8.89. The van der Waals surface area contributed by atoms with Gasteiger partial charge in [0.25, 0.3) is 0 Å². The van der Waals surface area contributed by atoms with Crippen LogP contribution >= 0.6 is 0 Å². The Morgan fingerprint density at radius 3 is 2.05 bits per heavy atom. The lowest BCUT2D eigenvalue weighted by atomic mass is 9.79. The van der Waals surface area contributed by atoms with E-state index in [0.29, 0.717) is 24.1 Å². The smallest absolute Gasteiger partial charge is 0.416 e. The standard InChI is InChI=1S/C31H29F6NO3/c1-21-13-14-38(28(39)40-19-23-9-5-3-6-10-23)29(18-21,25-11-7-4-8-12-25)20-41-22(2)24-15-26(30(32,33)34)17-27(16-24)31(35,36)37/h3-17,21-22H,18-20H2,1-2H3/t21?,22-,29+/m1/s1. The molecule has 1 aliphatic rings. The topological polar surface area (TPSA) is 38.8 Å². The van der Waals surface area contributed by atoms with Crippen LogP contribution in [0.25, 0.3) is 0 Å². The van der Waals surface area contributed by atoms with E-state index in [1.807, 2.05) is 31.2 Å². The van der Waals surface area contributed by atoms with Crippen LogP contribution in [0.15, 0.2) is 91.1 Å². The fourth-order valence-electron chi connectivity index (χ4n) is 4.89. The van der Waals surface area contributed by atoms with Crippen molar-refractivity contribution in [1.82, 2.24) is 4.90 Å². The zero-order valence-corrected chi connectivity index (χ0v) is 22.4. The van der Waals surface area contributed by atoms with Crippen molar-refractivity contribution in [2.24, 2.45) is 5.92 Å². The molecule has 0 aliphatic carbocycles. The number of nitrogens with zero attached hydrogens (tertiary/aromatic N) is 1. The van der Waals surface area contributed by atoms with Crippen LogP contribution in [0.4, 0.5) is 31.1 Å². The number of amides is 1. The van der Waals surface area contributed by atoms with Crippen molar-refractivity contribution in [3.05, 3.63) is 119 Å². The van der Waals surface area contributed by atoms with Gasteiger partial charge >= 0.3 is 18.4 Å². The number of hydrogen-bond acceptors (Lipinski definition) is 3. The molecule has 0 fully saturated rings. The number of allylic oxidation sites excluding steroid dienone is 1. The van der Waals surface area contributed by atoms with E-state index in [4.69, 9.17) is 9.47 Å². The maximum Gasteiger partial charge on any atom is 0.416 e. The molecule has 3 aromatic carbocycles. The zero-order valence-electron chi connectivity index (χ0n) is 22.4. The molecule has 0 bridgehead atoms. The summed E-state index contributed by atoms with van der Waals surface area (Å²) in [5.74, 6) is -0.0299. The molecule has 4 rings (SSSR count). The fraction of sp³-hybridized carbons (Fsp3) is 0.323. The van der Waals surface area contributed by atoms with Gasteiger partial charge in [0.15, 0.2) is 0 Å². The average molecular weight is 578 g/mol. The van der Waals surface area contributed by atoms with Crippen molar-refractivity contribution in [3.63, 3.8) is 0 Å². The van der Waals surface area contributed by atoms with Crippen LogP contribution in [-0.2, 0) is 34.0 Å². The largest absolute Gasteiger partial charge is 0.444 e. The number of rotatable bonds is 7. The van der Waals surface area contributed by atoms with Gasteiger partial charge in [0.1, 0.15) is 6.61 Å². The van der Waals surface area contributed by atoms with E-state index in [1.165, 1.54) is 11.8 Å². The Balaban J connectivity index is 1.67. The van der Waals surface area contributed by atoms with Gasteiger partial charge in [-0.2, -0.15) is 26.3 Å². The first-order valence-electron chi connectivity index (χ1n) is 12.9. The van der Waals surface area contributed by atoms with Crippen LogP contribution in [0.3, 0.4) is 0 Å². The third kappa shape index (κ3) is 7.11. The Morgan fingerprint density at radius 2 is 1.49 bits per heavy atom. The molecule has 218 valence electrons. The van der Waals surface area contributed by atoms with Crippen molar-refractivity contribution in [2.45, 2.75) is 50.9 Å². The third-order valence-electron chi connectivity index (χ3n) is 7.05. The minimum atomic E-state index is -4.98. The summed E-state index contributed by atoms with van der Waals surface area (Å²) >= 11 is 0. The van der Waals surface area contributed by atoms with E-state index in [-0.39, 0.29) is 30.8 Å². The highest BCUT2D eigenvalue weighted by Crippen LogP contribution is 2.42. The maximum absolute atomic E-state index is 13.5. The van der Waals surface area contributed by atoms with Gasteiger partial charge in [-0.3, -0.25) is 4.90 Å². The summed E-state index contributed by atoms with van der Waals surface area (Å²) in [6.07, 6.45) is -8.01. The van der Waals surface area contributed by atoms with Gasteiger partial charge < -0.3 is 9.47 Å². The molecular formula is C31H29F6NO3. The Hall–Kier alpha value is -3.79. The van der Waals surface area contributed by atoms with Crippen LogP contribution in [0.1, 0.15) is 54.2 Å². The second-order valence-corrected chi connectivity index (χ2v) is 10.1. The van der Waals surface area contributed by atoms with Gasteiger partial charge in [-0.1, -0.05) is 73.7 Å². The summed E-state index contributed by atoms with van der Waals surface area (Å²) in [5.41, 5.74) is -2.82. The van der Waals surface area contributed by atoms with E-state index in [1.54, 1.807) is 48.7 Å². The minimum Gasteiger partial charge on any atom is -0.444 e. The summed E-state index contributed by atoms with van der Waals surface area (Å²) in [5, 5.41) is 0. The molecule has 4 nitrogen and oxygen atoms in total. The molecular weight excluding hydrogens is 548 g/mol. The van der Waals surface area contributed by atoms with E-state index in [9.17, 15) is 31.1 Å². The molecule has 3 atom stereocenters. The average Bonchev–Trinajstić information content (AvgIpc) is 2.94. The normalized spacial score (nSPS) is 20.1. The first-order valence-corrected chi connectivity index (χ1v) is 12.9. The van der Waals surface area contributed by atoms with Gasteiger partial charge in [0, 0.05) is 6.20 Å². The predicted molar refractivity (Wildman–Crippen MR) is 140 cm³/mol. The number of hydrogen-bond donors (Lipinski definition) is 0. The first kappa shape index (κ1) is 30.2. The molecule has 0 N–H and O–H groups in total. The van der Waals surface area contributed by atoms with Crippen molar-refractivity contribution < 1.29 is 40.6 Å². The minimum absolute atomic E-state index is 0.00610. The summed E-state index contributed by atoms with van der Waals surface area (Å²) in [4.78, 5) is 14.8. The molecule has 0 saturated heterocycles. The van der Waals surface area contributed by atoms with Crippen molar-refractivity contribution in [2.75, 3.05) is 6.61 Å². The molecule has 0 aromatic heterocycles. The number of halogens is 6. The molecule has 3 aromatic rings. The van der Waals surface area contributed by atoms with Crippen molar-refractivity contribution >= 4 is 6.09 Å². The summed E-state index contributed by atoms with van der Waals surface area (Å²) in [7, 11) is 0. The summed E-state index contributed by atoms with van der Waals surface area (Å²) in [6.45, 7) is 3.11. The highest BCUT2D eigenvalue weighted by molar-refractivity contribution is 5.71. The highest BCUT2D eigenvalue weighted by Gasteiger charge is 2.45. The Kier molecular flexibility index (Phi) is 8.82. The number of alkyl halides is 6. The number of carbonyl (C=O) groups is 1. The fourth-order valence-corrected chi connectivity index (χ4v) is 4.89. The Morgan fingerprint density at radius 1 is 0.927 bits per heavy atom. The van der Waals surface area contributed by atoms with Gasteiger partial charge in [0.05, 0.1) is 29.4 Å². The molecule has 0 spiro atoms. The van der Waals surface area contributed by atoms with Crippen molar-refractivity contribution in [3.8, 4) is 0 Å². The molecule has 0 saturated carbocycles. The first-order chi connectivity index (χ1) is 19.3. The molecule has 1 heterocycles. The molecule has 1 unspecified atom stereocenters. The number of ether oxygens (including phenoxy) is 2. The van der Waals surface area contributed by atoms with Crippen LogP contribution in [0, 0.1) is 5.92 Å². The van der Waals surface area contributed by atoms with Gasteiger partial charge in [-0.25, -0.2) is 4.79 Å². The van der Waals surface area contributed by atoms with Crippen LogP contribution < -0.4 is 0 Å². The lowest BCUT2D eigenvalue weighted by Gasteiger charge is -2.46. The monoisotopic (exact) mass is 577 g/mol. The van der Waals surface area contributed by atoms with Crippen LogP contribution in [0.5, 0.6) is 0 Å². The molecule has 41 heavy (non-hydrogen) atoms. The quantitative estimate of drug-likeness (QED) is 0.263. The lowest BCUT2D eigenvalue weighted by molar-refractivity contribution is -0.143. The van der Waals surface area contributed by atoms with Crippen LogP contribution in [-0.4, -0.2) is 17.6 Å². The van der Waals surface area contributed by atoms with Gasteiger partial charge in [0.2, 0.25) is 0 Å². The van der Waals surface area contributed by atoms with E-state index in [0.717, 1.165) is 5.56 Å². The SMILES string of the molecule is CC1C=CN(C(=O)OCc2ccccc2)[C@@](CO[C@H](C)c2cc(C(F)(F)F)cc(C(F)(F)F)c2)(c2ccccc2)C1. The molecule has 0 radical (unpaired) electrons. The van der Waals surface area contributed by atoms with E-state index in [2.05, 4.69) is 0 Å². The summed E-state index contributed by atoms with van der Waals surface area (Å²) in [6, 6.07) is 19.4. The van der Waals surface area contributed by atoms with Gasteiger partial charge in [-0.05, 0) is 54.2 Å². The van der Waals surface area contributed by atoms with E-state index < -0.39 is 41.2 Å². The third-order valence-corrected chi connectivity index (χ3v) is 7.05. The second kappa shape index (κ2) is 12.0. The van der Waals surface area contributed by atoms with Crippen LogP contribution in [0.2, 0.25) is 0 Å². The number of carbonyl (C=O) groups excluding carboxylic acids is 1. The maximum atomic E-state index is 13.5. The Labute approximate surface area is 234 Å². The van der Waals surface area contributed by atoms with Crippen molar-refractivity contribution in [1.29, 1.82) is 0 Å². The molecule has 1 aliphatic heterocycles. The lowest BCUT2D eigenvalue weighted by Crippen LogP contribution is -2.52. The zero-order chi connectivity index (χ0) is 29.8. The van der Waals surface area contributed by atoms with E-state index >= 15 is 0 Å². The van der Waals surface area contributed by atoms with Gasteiger partial charge in [-0.15, -0.1) is 0 Å². The summed E-state index contributed by atoms with van der Waals surface area (Å²) < 4.78 is 92.4. The molecule has 10 heteroatoms. The highest BCUT2D eigenvalue weighted by atomic mass is 19.4. The Bertz CT molecular complexity index is 1330. The number of benzene rings is 3. The second-order valence-electron chi connectivity index (χ2n) is 10.1.